The predicted molar refractivity (Wildman–Crippen MR) is 127 cm³/mol. The molecular weight excluding hydrogens is 523 g/mol. The molecule has 2 aromatic rings. The summed E-state index contributed by atoms with van der Waals surface area (Å²) in [6.07, 6.45) is -5.79. The van der Waals surface area contributed by atoms with Crippen LogP contribution in [0.15, 0.2) is 41.3 Å². The van der Waals surface area contributed by atoms with E-state index in [4.69, 9.17) is 16.7 Å². The van der Waals surface area contributed by atoms with Crippen LogP contribution in [0.1, 0.15) is 34.0 Å². The number of nitrogens with one attached hydrogen (secondary N) is 1. The zero-order valence-corrected chi connectivity index (χ0v) is 20.9. The maximum atomic E-state index is 13.8. The third-order valence-electron chi connectivity index (χ3n) is 5.89. The number of sulfone groups is 1. The summed E-state index contributed by atoms with van der Waals surface area (Å²) in [6, 6.07) is 7.39. The van der Waals surface area contributed by atoms with Gasteiger partial charge in [-0.3, -0.25) is 9.69 Å². The summed E-state index contributed by atoms with van der Waals surface area (Å²) in [7, 11) is -3.61. The number of carboxylic acid groups (broad SMARTS) is 1. The Kier molecular flexibility index (Phi) is 8.52. The van der Waals surface area contributed by atoms with E-state index in [1.807, 2.05) is 0 Å². The number of carbonyl (C=O) groups is 2. The number of amides is 2. The molecule has 1 fully saturated rings. The minimum Gasteiger partial charge on any atom is -0.465 e. The monoisotopic (exact) mass is 547 g/mol. The molecule has 2 aromatic carbocycles. The number of hydrogen-bond acceptors (Lipinski definition) is 5. The quantitative estimate of drug-likeness (QED) is 0.545. The third-order valence-corrected chi connectivity index (χ3v) is 7.95. The number of alkyl halides is 3. The van der Waals surface area contributed by atoms with E-state index in [0.29, 0.717) is 0 Å². The zero-order valence-electron chi connectivity index (χ0n) is 19.3. The summed E-state index contributed by atoms with van der Waals surface area (Å²) in [5.74, 6) is -0.973. The fourth-order valence-corrected chi connectivity index (χ4v) is 5.19. The molecule has 3 rings (SSSR count). The van der Waals surface area contributed by atoms with Gasteiger partial charge in [0, 0.05) is 49.9 Å². The average Bonchev–Trinajstić information content (AvgIpc) is 2.82. The first-order valence-corrected chi connectivity index (χ1v) is 13.0. The fourth-order valence-electron chi connectivity index (χ4n) is 3.88. The SMILES string of the molecule is CCS(=O)(=O)c1ccc(Cl)cc1CNC(=O)c1ccc(CN2CCN(C(=O)O)CC2)c(C(F)(F)F)c1. The van der Waals surface area contributed by atoms with E-state index in [1.165, 1.54) is 42.2 Å². The normalized spacial score (nSPS) is 15.1. The highest BCUT2D eigenvalue weighted by atomic mass is 35.5. The summed E-state index contributed by atoms with van der Waals surface area (Å²) in [4.78, 5) is 26.6. The summed E-state index contributed by atoms with van der Waals surface area (Å²) in [6.45, 7) is 2.13. The van der Waals surface area contributed by atoms with Crippen molar-refractivity contribution in [1.82, 2.24) is 15.1 Å². The Labute approximate surface area is 211 Å². The van der Waals surface area contributed by atoms with Gasteiger partial charge in [0.05, 0.1) is 16.2 Å². The van der Waals surface area contributed by atoms with Crippen molar-refractivity contribution in [3.8, 4) is 0 Å². The van der Waals surface area contributed by atoms with Crippen molar-refractivity contribution in [3.05, 3.63) is 63.7 Å². The standard InChI is InChI=1S/C23H25ClF3N3O5S/c1-2-36(34,35)20-6-5-18(24)11-17(20)13-28-21(31)15-3-4-16(19(12-15)23(25,26)27)14-29-7-9-30(10-8-29)22(32)33/h3-6,11-12H,2,7-10,13-14H2,1H3,(H,28,31)(H,32,33). The molecule has 0 aliphatic carbocycles. The Bertz CT molecular complexity index is 1250. The molecule has 0 aromatic heterocycles. The van der Waals surface area contributed by atoms with Gasteiger partial charge in [0.1, 0.15) is 0 Å². The van der Waals surface area contributed by atoms with Crippen molar-refractivity contribution in [1.29, 1.82) is 0 Å². The molecule has 0 spiro atoms. The second-order valence-corrected chi connectivity index (χ2v) is 10.9. The molecule has 1 heterocycles. The Balaban J connectivity index is 1.78. The van der Waals surface area contributed by atoms with Crippen molar-refractivity contribution in [3.63, 3.8) is 0 Å². The molecule has 8 nitrogen and oxygen atoms in total. The summed E-state index contributed by atoms with van der Waals surface area (Å²) < 4.78 is 66.1. The van der Waals surface area contributed by atoms with Gasteiger partial charge in [0.2, 0.25) is 0 Å². The molecule has 0 saturated carbocycles. The largest absolute Gasteiger partial charge is 0.465 e. The van der Waals surface area contributed by atoms with Crippen molar-refractivity contribution >= 4 is 33.4 Å². The molecule has 0 unspecified atom stereocenters. The summed E-state index contributed by atoms with van der Waals surface area (Å²) in [5, 5.41) is 11.8. The van der Waals surface area contributed by atoms with Crippen LogP contribution in [0.25, 0.3) is 0 Å². The number of nitrogens with zero attached hydrogens (tertiary/aromatic N) is 2. The molecule has 13 heteroatoms. The lowest BCUT2D eigenvalue weighted by atomic mass is 10.0. The highest BCUT2D eigenvalue weighted by Crippen LogP contribution is 2.33. The predicted octanol–water partition coefficient (Wildman–Crippen LogP) is 3.88. The Morgan fingerprint density at radius 1 is 1.06 bits per heavy atom. The smallest absolute Gasteiger partial charge is 0.416 e. The van der Waals surface area contributed by atoms with Crippen LogP contribution in [-0.4, -0.2) is 67.3 Å². The molecule has 196 valence electrons. The number of hydrogen-bond donors (Lipinski definition) is 2. The number of benzene rings is 2. The van der Waals surface area contributed by atoms with Crippen LogP contribution in [0.4, 0.5) is 18.0 Å². The van der Waals surface area contributed by atoms with Crippen LogP contribution >= 0.6 is 11.6 Å². The van der Waals surface area contributed by atoms with Gasteiger partial charge in [-0.05, 0) is 41.5 Å². The van der Waals surface area contributed by atoms with E-state index in [0.717, 1.165) is 6.07 Å². The van der Waals surface area contributed by atoms with Crippen molar-refractivity contribution in [2.75, 3.05) is 31.9 Å². The number of rotatable bonds is 7. The van der Waals surface area contributed by atoms with Gasteiger partial charge in [-0.25, -0.2) is 13.2 Å². The Morgan fingerprint density at radius 2 is 1.72 bits per heavy atom. The van der Waals surface area contributed by atoms with E-state index >= 15 is 0 Å². The van der Waals surface area contributed by atoms with Gasteiger partial charge in [-0.1, -0.05) is 24.6 Å². The first-order valence-electron chi connectivity index (χ1n) is 11.0. The van der Waals surface area contributed by atoms with Gasteiger partial charge in [0.15, 0.2) is 9.84 Å². The van der Waals surface area contributed by atoms with Crippen LogP contribution in [0, 0.1) is 0 Å². The molecule has 1 saturated heterocycles. The van der Waals surface area contributed by atoms with E-state index in [1.54, 1.807) is 4.90 Å². The topological polar surface area (TPSA) is 107 Å². The second-order valence-electron chi connectivity index (χ2n) is 8.25. The minimum absolute atomic E-state index is 0.0102. The van der Waals surface area contributed by atoms with Crippen molar-refractivity contribution in [2.45, 2.75) is 31.1 Å². The van der Waals surface area contributed by atoms with Crippen LogP contribution in [0.5, 0.6) is 0 Å². The van der Waals surface area contributed by atoms with Gasteiger partial charge in [0.25, 0.3) is 5.91 Å². The van der Waals surface area contributed by atoms with Crippen molar-refractivity contribution in [2.24, 2.45) is 0 Å². The molecule has 2 amide bonds. The third kappa shape index (κ3) is 6.68. The number of carbonyl (C=O) groups excluding carboxylic acids is 1. The number of piperazine rings is 1. The maximum absolute atomic E-state index is 13.8. The van der Waals surface area contributed by atoms with Crippen molar-refractivity contribution < 1.29 is 36.3 Å². The first kappa shape index (κ1) is 27.8. The Hall–Kier alpha value is -2.83. The highest BCUT2D eigenvalue weighted by molar-refractivity contribution is 7.91. The molecule has 0 bridgehead atoms. The average molecular weight is 548 g/mol. The van der Waals surface area contributed by atoms with E-state index in [2.05, 4.69) is 5.32 Å². The lowest BCUT2D eigenvalue weighted by molar-refractivity contribution is -0.138. The zero-order chi connectivity index (χ0) is 26.7. The number of halogens is 4. The molecule has 2 N–H and O–H groups in total. The van der Waals surface area contributed by atoms with Crippen LogP contribution in [-0.2, 0) is 29.1 Å². The molecule has 1 aliphatic rings. The lowest BCUT2D eigenvalue weighted by Crippen LogP contribution is -2.47. The summed E-state index contributed by atoms with van der Waals surface area (Å²) in [5.41, 5.74) is -1.00. The fraction of sp³-hybridized carbons (Fsp3) is 0.391. The maximum Gasteiger partial charge on any atom is 0.416 e. The molecular formula is C23H25ClF3N3O5S. The lowest BCUT2D eigenvalue weighted by Gasteiger charge is -2.33. The van der Waals surface area contributed by atoms with Crippen LogP contribution in [0.2, 0.25) is 5.02 Å². The van der Waals surface area contributed by atoms with Gasteiger partial charge < -0.3 is 15.3 Å². The van der Waals surface area contributed by atoms with E-state index < -0.39 is 33.6 Å². The highest BCUT2D eigenvalue weighted by Gasteiger charge is 2.35. The Morgan fingerprint density at radius 3 is 2.31 bits per heavy atom. The van der Waals surface area contributed by atoms with Gasteiger partial charge in [-0.15, -0.1) is 0 Å². The first-order chi connectivity index (χ1) is 16.8. The molecule has 0 radical (unpaired) electrons. The summed E-state index contributed by atoms with van der Waals surface area (Å²) >= 11 is 5.97. The minimum atomic E-state index is -4.72. The molecule has 0 atom stereocenters. The van der Waals surface area contributed by atoms with E-state index in [-0.39, 0.29) is 71.6 Å². The second kappa shape index (κ2) is 11.1. The van der Waals surface area contributed by atoms with Gasteiger partial charge in [-0.2, -0.15) is 13.2 Å². The van der Waals surface area contributed by atoms with Gasteiger partial charge >= 0.3 is 12.3 Å². The van der Waals surface area contributed by atoms with E-state index in [9.17, 15) is 31.2 Å². The van der Waals surface area contributed by atoms with Crippen LogP contribution in [0.3, 0.4) is 0 Å². The molecule has 1 aliphatic heterocycles. The van der Waals surface area contributed by atoms with Crippen LogP contribution < -0.4 is 5.32 Å². The molecule has 36 heavy (non-hydrogen) atoms.